The number of nitrogens with two attached hydrogens (primary N) is 7. The summed E-state index contributed by atoms with van der Waals surface area (Å²) in [5, 5.41) is 91.9. The van der Waals surface area contributed by atoms with E-state index in [4.69, 9.17) is 56.1 Å². The molecule has 0 aliphatic carbocycles. The van der Waals surface area contributed by atoms with Crippen molar-refractivity contribution in [3.05, 3.63) is 0 Å². The van der Waals surface area contributed by atoms with E-state index in [0.717, 1.165) is 4.90 Å². The number of carboxylic acids is 4. The maximum Gasteiger partial charge on any atom is 0.325 e. The van der Waals surface area contributed by atoms with Gasteiger partial charge in [-0.25, -0.2) is 0 Å². The van der Waals surface area contributed by atoms with Crippen molar-refractivity contribution < 1.29 is 135 Å². The number of carbonyl (C=O) groups is 24. The zero-order chi connectivity index (χ0) is 105. The first-order chi connectivity index (χ1) is 64.6. The Morgan fingerprint density at radius 1 is 0.362 bits per heavy atom. The maximum atomic E-state index is 14.7. The third-order valence-corrected chi connectivity index (χ3v) is 22.6. The lowest BCUT2D eigenvalue weighted by Gasteiger charge is -2.32. The summed E-state index contributed by atoms with van der Waals surface area (Å²) in [6.45, 7) is 10.4. The van der Waals surface area contributed by atoms with Gasteiger partial charge in [-0.3, -0.25) is 126 Å². The van der Waals surface area contributed by atoms with E-state index in [9.17, 15) is 130 Å². The molecule has 2 rings (SSSR count). The fourth-order valence-electron chi connectivity index (χ4n) is 14.2. The van der Waals surface area contributed by atoms with Crippen LogP contribution in [0.2, 0.25) is 0 Å². The highest BCUT2D eigenvalue weighted by molar-refractivity contribution is 7.80. The van der Waals surface area contributed by atoms with Crippen molar-refractivity contribution >= 4 is 179 Å². The summed E-state index contributed by atoms with van der Waals surface area (Å²) in [4.78, 5) is 327. The molecular formula is C81H135N27O28S2. The number of nitrogens with one attached hydrogen (secondary N) is 18. The lowest BCUT2D eigenvalue weighted by Crippen LogP contribution is -2.62. The predicted molar refractivity (Wildman–Crippen MR) is 493 cm³/mol. The number of carboxylic acid groups (broad SMARTS) is 4. The van der Waals surface area contributed by atoms with Gasteiger partial charge in [0, 0.05) is 69.8 Å². The number of likely N-dealkylation sites (tertiary alicyclic amines) is 2. The van der Waals surface area contributed by atoms with Crippen LogP contribution in [-0.2, 0) is 115 Å². The topological polar surface area (TPSA) is 919 Å². The van der Waals surface area contributed by atoms with E-state index in [1.165, 1.54) is 18.7 Å². The highest BCUT2D eigenvalue weighted by atomic mass is 32.1. The SMILES string of the molecule is CC[C@H](C)[C@H](NC(=O)[C@H](CCCNC(=N)N)NC(=O)[C@H](CS)NC(=O)[C@@H](N)CCC(=O)O)C(=O)N[C@@H](CCC(N)=O)C(=O)N[C@@H](CCC(=O)O)C(=O)N[C@@H](CCCNC(=N)N)C(=O)N[C@@H](CC(N)=O)C(=O)N[C@@H](CCC(N)=O)C(=O)N[C@@H](CCC(N)=O)C(=O)N[C@@H](CC(=O)O)C(=O)N1CCC[C@H]1C(=O)N[C@@H](CC(C)C)C(=O)N[C@H](C(=O)N[C@@H](CS)C(=O)N1CCC[C@H]1C(=O)N[C@@H](C)C(=O)O)C(C)C. The second kappa shape index (κ2) is 60.8. The summed E-state index contributed by atoms with van der Waals surface area (Å²) < 4.78 is 0. The monoisotopic (exact) mass is 2000 g/mol. The molecule has 36 N–H and O–H groups in total. The Hall–Kier alpha value is -13.5. The first-order valence-electron chi connectivity index (χ1n) is 44.6. The van der Waals surface area contributed by atoms with E-state index in [1.807, 2.05) is 0 Å². The molecule has 2 aliphatic heterocycles. The molecule has 55 nitrogen and oxygen atoms in total. The number of carbonyl (C=O) groups excluding carboxylic acids is 20. The Balaban J connectivity index is 2.62. The van der Waals surface area contributed by atoms with Crippen molar-refractivity contribution in [2.24, 2.45) is 57.9 Å². The van der Waals surface area contributed by atoms with Crippen LogP contribution in [0.1, 0.15) is 190 Å². The number of thiol groups is 2. The van der Waals surface area contributed by atoms with Crippen LogP contribution in [0.5, 0.6) is 0 Å². The molecule has 18 atom stereocenters. The average molecular weight is 2000 g/mol. The third kappa shape index (κ3) is 43.7. The van der Waals surface area contributed by atoms with Crippen LogP contribution in [-0.4, -0.2) is 325 Å². The lowest BCUT2D eigenvalue weighted by molar-refractivity contribution is -0.146. The molecule has 2 saturated heterocycles. The fraction of sp³-hybridized carbons (Fsp3) is 0.679. The van der Waals surface area contributed by atoms with E-state index in [0.29, 0.717) is 6.42 Å². The molecule has 0 spiro atoms. The minimum Gasteiger partial charge on any atom is -0.481 e. The smallest absolute Gasteiger partial charge is 0.325 e. The quantitative estimate of drug-likeness (QED) is 0.0116. The van der Waals surface area contributed by atoms with Crippen molar-refractivity contribution in [3.63, 3.8) is 0 Å². The van der Waals surface area contributed by atoms with Crippen LogP contribution in [0, 0.1) is 28.6 Å². The fourth-order valence-corrected chi connectivity index (χ4v) is 14.7. The van der Waals surface area contributed by atoms with Gasteiger partial charge in [-0.1, -0.05) is 48.0 Å². The molecule has 138 heavy (non-hydrogen) atoms. The number of rotatable bonds is 65. The number of amides is 20. The molecule has 0 aromatic heterocycles. The van der Waals surface area contributed by atoms with Gasteiger partial charge in [0.05, 0.1) is 18.9 Å². The summed E-state index contributed by atoms with van der Waals surface area (Å²) in [5.74, 6) is -32.0. The molecule has 2 aliphatic rings. The maximum absolute atomic E-state index is 14.7. The molecular weight excluding hydrogens is 1860 g/mol. The molecule has 774 valence electrons. The molecule has 2 heterocycles. The van der Waals surface area contributed by atoms with Crippen LogP contribution >= 0.6 is 25.3 Å². The number of nitrogens with zero attached hydrogens (tertiary/aromatic N) is 2. The Morgan fingerprint density at radius 3 is 1.07 bits per heavy atom. The largest absolute Gasteiger partial charge is 0.481 e. The first kappa shape index (κ1) is 121. The Labute approximate surface area is 804 Å². The van der Waals surface area contributed by atoms with Gasteiger partial charge in [0.25, 0.3) is 0 Å². The van der Waals surface area contributed by atoms with Crippen LogP contribution in [0.3, 0.4) is 0 Å². The van der Waals surface area contributed by atoms with Gasteiger partial charge in [0.2, 0.25) is 118 Å². The minimum atomic E-state index is -2.19. The highest BCUT2D eigenvalue weighted by Crippen LogP contribution is 2.24. The second-order valence-corrected chi connectivity index (χ2v) is 34.7. The van der Waals surface area contributed by atoms with Gasteiger partial charge in [-0.05, 0) is 115 Å². The van der Waals surface area contributed by atoms with Gasteiger partial charge in [-0.15, -0.1) is 0 Å². The minimum absolute atomic E-state index is 0.0148. The van der Waals surface area contributed by atoms with Crippen molar-refractivity contribution in [2.45, 2.75) is 292 Å². The summed E-state index contributed by atoms with van der Waals surface area (Å²) in [5.41, 5.74) is 38.7. The Morgan fingerprint density at radius 2 is 0.696 bits per heavy atom. The van der Waals surface area contributed by atoms with Gasteiger partial charge in [0.15, 0.2) is 11.9 Å². The molecule has 0 saturated carbocycles. The van der Waals surface area contributed by atoms with Crippen LogP contribution in [0.25, 0.3) is 0 Å². The van der Waals surface area contributed by atoms with E-state index in [-0.39, 0.29) is 101 Å². The molecule has 0 unspecified atom stereocenters. The summed E-state index contributed by atoms with van der Waals surface area (Å²) in [6.07, 6.45) is -9.69. The predicted octanol–water partition coefficient (Wildman–Crippen LogP) is -10.8. The van der Waals surface area contributed by atoms with Crippen LogP contribution in [0.4, 0.5) is 0 Å². The van der Waals surface area contributed by atoms with Crippen molar-refractivity contribution in [3.8, 4) is 0 Å². The molecule has 57 heteroatoms. The molecule has 20 amide bonds. The van der Waals surface area contributed by atoms with E-state index in [2.05, 4.69) is 110 Å². The lowest BCUT2D eigenvalue weighted by atomic mass is 9.96. The van der Waals surface area contributed by atoms with E-state index < -0.39 is 346 Å². The summed E-state index contributed by atoms with van der Waals surface area (Å²) >= 11 is 8.40. The van der Waals surface area contributed by atoms with E-state index >= 15 is 0 Å². The van der Waals surface area contributed by atoms with E-state index in [1.54, 1.807) is 34.6 Å². The van der Waals surface area contributed by atoms with Crippen molar-refractivity contribution in [1.82, 2.24) is 94.9 Å². The molecule has 0 aromatic carbocycles. The third-order valence-electron chi connectivity index (χ3n) is 21.9. The van der Waals surface area contributed by atoms with Gasteiger partial charge >= 0.3 is 23.9 Å². The molecule has 0 radical (unpaired) electrons. The number of primary amides is 4. The zero-order valence-corrected chi connectivity index (χ0v) is 79.6. The van der Waals surface area contributed by atoms with Gasteiger partial charge in [-0.2, -0.15) is 25.3 Å². The van der Waals surface area contributed by atoms with Gasteiger partial charge in [0.1, 0.15) is 96.7 Å². The standard InChI is InChI=1S/C81H135N27O28S2/c1-8-38(6)62(106-69(125)42(14-10-28-92-81(89)90)95-72(128)50(34-137)103-63(119)40(82)17-25-58(113)114)76(132)99-45(20-24-56(85)111)66(122)97-46(21-26-59(115)116)67(123)94-41(13-9-27-91-80(87)88)64(120)100-48(32-57(86)112)70(126)98-43(18-22-54(83)109)65(121)96-44(19-23-55(84)110)68(124)102-49(33-60(117)118)77(133)107-29-12-16-53(107)74(130)101-47(31-36(2)3)71(127)105-61(37(4)5)75(131)104-51(35-138)78(134)108-30-11-15-52(108)73(129)93-39(7)79(135)136/h36-53,61-62,137-138H,8-35,82H2,1-7H3,(H2,83,109)(H2,84,110)(H2,85,111)(H2,86,112)(H,93,129)(H,94,123)(H,95,128)(H,96,121)(H,97,122)(H,98,126)(H,99,132)(H,100,120)(H,101,130)(H,102,124)(H,103,119)(H,104,131)(H,105,127)(H,106,125)(H,113,114)(H,115,116)(H,117,118)(H,135,136)(H4,87,88,91)(H4,89,90,92)/t38-,39-,40-,41-,42-,43-,44-,45-,46-,47-,48-,49-,50-,51-,52-,53-,61-,62-/m0/s1. The van der Waals surface area contributed by atoms with Crippen molar-refractivity contribution in [2.75, 3.05) is 37.7 Å². The van der Waals surface area contributed by atoms with Crippen LogP contribution < -0.4 is 125 Å². The molecule has 2 fully saturated rings. The summed E-state index contributed by atoms with van der Waals surface area (Å²) in [6, 6.07) is -28.3. The number of hydrogen-bond acceptors (Lipinski definition) is 29. The zero-order valence-electron chi connectivity index (χ0n) is 77.8. The van der Waals surface area contributed by atoms with Crippen molar-refractivity contribution in [1.29, 1.82) is 10.8 Å². The average Bonchev–Trinajstić information content (AvgIpc) is 1.64. The first-order valence-corrected chi connectivity index (χ1v) is 45.9. The molecule has 0 aromatic rings. The number of aliphatic carboxylic acids is 4. The Bertz CT molecular complexity index is 4380. The number of guanidine groups is 2. The van der Waals surface area contributed by atoms with Gasteiger partial charge < -0.3 is 155 Å². The number of hydrogen-bond donors (Lipinski definition) is 31. The highest BCUT2D eigenvalue weighted by Gasteiger charge is 2.45. The molecule has 0 bridgehead atoms. The normalized spacial score (nSPS) is 16.8. The Kier molecular flexibility index (Phi) is 53.1. The summed E-state index contributed by atoms with van der Waals surface area (Å²) in [7, 11) is 0. The van der Waals surface area contributed by atoms with Crippen LogP contribution in [0.15, 0.2) is 0 Å². The second-order valence-electron chi connectivity index (χ2n) is 33.9.